The highest BCUT2D eigenvalue weighted by molar-refractivity contribution is 6.63. The predicted octanol–water partition coefficient (Wildman–Crippen LogP) is 4.00. The molecule has 0 bridgehead atoms. The monoisotopic (exact) mass is 332 g/mol. The van der Waals surface area contributed by atoms with Crippen LogP contribution in [-0.2, 0) is 6.42 Å². The first-order valence-electron chi connectivity index (χ1n) is 7.99. The summed E-state index contributed by atoms with van der Waals surface area (Å²) in [6.45, 7) is 3.86. The first kappa shape index (κ1) is 16.1. The molecule has 0 spiro atoms. The maximum Gasteiger partial charge on any atom is 0.479 e. The smallest absolute Gasteiger partial charge is 0.479 e. The second-order valence-corrected chi connectivity index (χ2v) is 7.14. The van der Waals surface area contributed by atoms with E-state index in [1.807, 2.05) is 78.9 Å². The molecule has 3 aromatic rings. The van der Waals surface area contributed by atoms with Crippen molar-refractivity contribution in [3.63, 3.8) is 0 Å². The molecule has 0 aliphatic heterocycles. The fraction of sp³-hybridized carbons (Fsp3) is 0.0476. The molecular formula is C21H20O2Si. The fourth-order valence-electron chi connectivity index (χ4n) is 2.50. The van der Waals surface area contributed by atoms with Crippen LogP contribution in [0.2, 0.25) is 0 Å². The van der Waals surface area contributed by atoms with Gasteiger partial charge in [-0.15, -0.1) is 6.58 Å². The molecule has 0 saturated heterocycles. The average Bonchev–Trinajstić information content (AvgIpc) is 2.64. The van der Waals surface area contributed by atoms with Gasteiger partial charge in [-0.05, 0) is 36.2 Å². The van der Waals surface area contributed by atoms with Gasteiger partial charge in [0.25, 0.3) is 0 Å². The number of para-hydroxylation sites is 2. The lowest BCUT2D eigenvalue weighted by atomic mass is 10.1. The molecule has 0 N–H and O–H groups in total. The third kappa shape index (κ3) is 4.15. The normalized spacial score (nSPS) is 10.4. The van der Waals surface area contributed by atoms with E-state index in [2.05, 4.69) is 18.7 Å². The van der Waals surface area contributed by atoms with E-state index >= 15 is 0 Å². The molecule has 3 rings (SSSR count). The van der Waals surface area contributed by atoms with Crippen LogP contribution in [0.3, 0.4) is 0 Å². The maximum atomic E-state index is 6.27. The quantitative estimate of drug-likeness (QED) is 0.481. The Hall–Kier alpha value is -2.78. The molecule has 3 aromatic carbocycles. The number of rotatable bonds is 7. The van der Waals surface area contributed by atoms with Crippen LogP contribution in [0, 0.1) is 0 Å². The lowest BCUT2D eigenvalue weighted by Gasteiger charge is -2.21. The minimum atomic E-state index is -2.16. The van der Waals surface area contributed by atoms with E-state index in [0.29, 0.717) is 0 Å². The van der Waals surface area contributed by atoms with Gasteiger partial charge in [-0.3, -0.25) is 0 Å². The van der Waals surface area contributed by atoms with E-state index in [1.165, 1.54) is 5.56 Å². The van der Waals surface area contributed by atoms with Gasteiger partial charge in [-0.1, -0.05) is 66.7 Å². The Balaban J connectivity index is 1.93. The van der Waals surface area contributed by atoms with Crippen molar-refractivity contribution >= 4 is 14.5 Å². The maximum absolute atomic E-state index is 6.27. The number of hydrogen-bond acceptors (Lipinski definition) is 2. The minimum absolute atomic E-state index is 0.802. The Kier molecular flexibility index (Phi) is 5.48. The van der Waals surface area contributed by atoms with Gasteiger partial charge < -0.3 is 8.85 Å². The molecule has 0 radical (unpaired) electrons. The SMILES string of the molecule is C=CCc1ccccc1[SiH](Oc1ccccc1)Oc1ccccc1. The summed E-state index contributed by atoms with van der Waals surface area (Å²) >= 11 is 0. The molecule has 0 amide bonds. The predicted molar refractivity (Wildman–Crippen MR) is 101 cm³/mol. The second-order valence-electron chi connectivity index (χ2n) is 5.39. The summed E-state index contributed by atoms with van der Waals surface area (Å²) in [5.74, 6) is 1.66. The highest BCUT2D eigenvalue weighted by Gasteiger charge is 2.23. The molecule has 0 atom stereocenters. The van der Waals surface area contributed by atoms with Crippen LogP contribution in [-0.4, -0.2) is 9.28 Å². The molecule has 0 unspecified atom stereocenters. The number of benzene rings is 3. The molecular weight excluding hydrogens is 312 g/mol. The first-order chi connectivity index (χ1) is 11.9. The van der Waals surface area contributed by atoms with Gasteiger partial charge in [-0.25, -0.2) is 0 Å². The summed E-state index contributed by atoms with van der Waals surface area (Å²) in [5.41, 5.74) is 1.20. The first-order valence-corrected chi connectivity index (χ1v) is 9.51. The molecule has 0 aromatic heterocycles. The van der Waals surface area contributed by atoms with E-state index in [4.69, 9.17) is 8.85 Å². The summed E-state index contributed by atoms with van der Waals surface area (Å²) in [4.78, 5) is 0. The highest BCUT2D eigenvalue weighted by Crippen LogP contribution is 2.15. The van der Waals surface area contributed by atoms with Gasteiger partial charge in [0.05, 0.1) is 0 Å². The van der Waals surface area contributed by atoms with Crippen LogP contribution in [0.5, 0.6) is 11.5 Å². The zero-order valence-corrected chi connectivity index (χ0v) is 14.6. The largest absolute Gasteiger partial charge is 0.511 e. The van der Waals surface area contributed by atoms with E-state index in [9.17, 15) is 0 Å². The van der Waals surface area contributed by atoms with E-state index < -0.39 is 9.28 Å². The zero-order chi connectivity index (χ0) is 16.6. The van der Waals surface area contributed by atoms with Crippen LogP contribution < -0.4 is 14.0 Å². The van der Waals surface area contributed by atoms with Crippen molar-refractivity contribution in [3.05, 3.63) is 103 Å². The van der Waals surface area contributed by atoms with Crippen LogP contribution >= 0.6 is 0 Å². The number of allylic oxidation sites excluding steroid dienone is 1. The molecule has 0 heterocycles. The minimum Gasteiger partial charge on any atom is -0.511 e. The van der Waals surface area contributed by atoms with Crippen molar-refractivity contribution in [1.29, 1.82) is 0 Å². The Morgan fingerprint density at radius 3 is 1.75 bits per heavy atom. The van der Waals surface area contributed by atoms with Crippen molar-refractivity contribution in [1.82, 2.24) is 0 Å². The summed E-state index contributed by atoms with van der Waals surface area (Å²) in [7, 11) is -2.16. The lowest BCUT2D eigenvalue weighted by Crippen LogP contribution is -2.44. The van der Waals surface area contributed by atoms with E-state index in [0.717, 1.165) is 23.1 Å². The third-order valence-electron chi connectivity index (χ3n) is 3.65. The van der Waals surface area contributed by atoms with Crippen LogP contribution in [0.4, 0.5) is 0 Å². The summed E-state index contributed by atoms with van der Waals surface area (Å²) in [6, 6.07) is 28.0. The van der Waals surface area contributed by atoms with E-state index in [-0.39, 0.29) is 0 Å². The van der Waals surface area contributed by atoms with Gasteiger partial charge >= 0.3 is 9.28 Å². The van der Waals surface area contributed by atoms with Crippen LogP contribution in [0.25, 0.3) is 0 Å². The molecule has 0 aliphatic carbocycles. The Morgan fingerprint density at radius 2 is 1.21 bits per heavy atom. The van der Waals surface area contributed by atoms with Crippen molar-refractivity contribution < 1.29 is 8.85 Å². The van der Waals surface area contributed by atoms with E-state index in [1.54, 1.807) is 0 Å². The fourth-order valence-corrected chi connectivity index (χ4v) is 4.40. The Labute approximate surface area is 144 Å². The van der Waals surface area contributed by atoms with Crippen molar-refractivity contribution in [2.75, 3.05) is 0 Å². The summed E-state index contributed by atoms with van der Waals surface area (Å²) in [6.07, 6.45) is 2.71. The van der Waals surface area contributed by atoms with Crippen LogP contribution in [0.1, 0.15) is 5.56 Å². The van der Waals surface area contributed by atoms with Gasteiger partial charge in [0.1, 0.15) is 11.5 Å². The van der Waals surface area contributed by atoms with Crippen molar-refractivity contribution in [2.24, 2.45) is 0 Å². The number of hydrogen-bond donors (Lipinski definition) is 0. The highest BCUT2D eigenvalue weighted by atomic mass is 28.3. The standard InChI is InChI=1S/C21H20O2Si/c1-2-11-18-12-9-10-17-21(18)24(22-19-13-5-3-6-14-19)23-20-15-7-4-8-16-20/h2-10,12-17,24H,1,11H2. The summed E-state index contributed by atoms with van der Waals surface area (Å²) < 4.78 is 12.5. The van der Waals surface area contributed by atoms with Crippen molar-refractivity contribution in [2.45, 2.75) is 6.42 Å². The lowest BCUT2D eigenvalue weighted by molar-refractivity contribution is 0.439. The molecule has 0 fully saturated rings. The molecule has 0 saturated carbocycles. The Bertz CT molecular complexity index is 731. The van der Waals surface area contributed by atoms with Gasteiger partial charge in [0.15, 0.2) is 0 Å². The van der Waals surface area contributed by atoms with Gasteiger partial charge in [0, 0.05) is 5.19 Å². The van der Waals surface area contributed by atoms with Gasteiger partial charge in [0.2, 0.25) is 0 Å². The second kappa shape index (κ2) is 8.18. The van der Waals surface area contributed by atoms with Crippen molar-refractivity contribution in [3.8, 4) is 11.5 Å². The zero-order valence-electron chi connectivity index (χ0n) is 13.5. The summed E-state index contributed by atoms with van der Waals surface area (Å²) in [5, 5.41) is 1.14. The average molecular weight is 332 g/mol. The van der Waals surface area contributed by atoms with Gasteiger partial charge in [-0.2, -0.15) is 0 Å². The Morgan fingerprint density at radius 1 is 0.708 bits per heavy atom. The third-order valence-corrected chi connectivity index (χ3v) is 5.69. The van der Waals surface area contributed by atoms with Crippen LogP contribution in [0.15, 0.2) is 97.6 Å². The molecule has 3 heteroatoms. The molecule has 0 aliphatic rings. The molecule has 120 valence electrons. The topological polar surface area (TPSA) is 18.5 Å². The molecule has 24 heavy (non-hydrogen) atoms. The molecule has 2 nitrogen and oxygen atoms in total.